The van der Waals surface area contributed by atoms with E-state index in [4.69, 9.17) is 0 Å². The number of thiazole rings is 1. The third-order valence-electron chi connectivity index (χ3n) is 3.71. The van der Waals surface area contributed by atoms with Crippen molar-refractivity contribution in [3.63, 3.8) is 0 Å². The molecule has 3 rings (SSSR count). The molecule has 0 unspecified atom stereocenters. The van der Waals surface area contributed by atoms with E-state index in [0.29, 0.717) is 0 Å². The van der Waals surface area contributed by atoms with Crippen molar-refractivity contribution in [1.82, 2.24) is 4.98 Å². The molecule has 0 amide bonds. The molecule has 0 bridgehead atoms. The first-order valence-corrected chi connectivity index (χ1v) is 9.29. The van der Waals surface area contributed by atoms with Crippen LogP contribution in [-0.4, -0.2) is 11.2 Å². The molecule has 0 radical (unpaired) electrons. The summed E-state index contributed by atoms with van der Waals surface area (Å²) < 4.78 is 1.02. The average Bonchev–Trinajstić information content (AvgIpc) is 2.96. The van der Waals surface area contributed by atoms with Gasteiger partial charge in [0.25, 0.3) is 0 Å². The van der Waals surface area contributed by atoms with Crippen LogP contribution in [0.4, 0.5) is 5.13 Å². The van der Waals surface area contributed by atoms with Gasteiger partial charge in [0.15, 0.2) is 0 Å². The van der Waals surface area contributed by atoms with Gasteiger partial charge in [0, 0.05) is 21.0 Å². The van der Waals surface area contributed by atoms with Gasteiger partial charge in [0.2, 0.25) is 5.13 Å². The molecular weight excluding hydrogens is 382 g/mol. The van der Waals surface area contributed by atoms with E-state index in [1.54, 1.807) is 17.6 Å². The summed E-state index contributed by atoms with van der Waals surface area (Å²) in [5.41, 5.74) is 10.0. The lowest BCUT2D eigenvalue weighted by atomic mass is 9.98. The smallest absolute Gasteiger partial charge is 0.203 e. The van der Waals surface area contributed by atoms with E-state index in [-0.39, 0.29) is 0 Å². The van der Waals surface area contributed by atoms with Crippen LogP contribution < -0.4 is 5.43 Å². The molecule has 3 nitrogen and oxygen atoms in total. The number of rotatable bonds is 4. The van der Waals surface area contributed by atoms with Gasteiger partial charge >= 0.3 is 0 Å². The highest BCUT2D eigenvalue weighted by atomic mass is 79.9. The van der Waals surface area contributed by atoms with Gasteiger partial charge in [0.05, 0.1) is 11.9 Å². The second-order valence-electron chi connectivity index (χ2n) is 5.70. The number of hydrazone groups is 1. The Morgan fingerprint density at radius 1 is 1.12 bits per heavy atom. The summed E-state index contributed by atoms with van der Waals surface area (Å²) in [6.07, 6.45) is 1.79. The first-order chi connectivity index (χ1) is 11.5. The lowest BCUT2D eigenvalue weighted by Gasteiger charge is -2.08. The van der Waals surface area contributed by atoms with Crippen molar-refractivity contribution < 1.29 is 0 Å². The van der Waals surface area contributed by atoms with E-state index >= 15 is 0 Å². The van der Waals surface area contributed by atoms with Crippen LogP contribution in [0.1, 0.15) is 22.3 Å². The number of hydrogen-bond donors (Lipinski definition) is 1. The Balaban J connectivity index is 1.78. The first kappa shape index (κ1) is 16.9. The summed E-state index contributed by atoms with van der Waals surface area (Å²) in [5.74, 6) is 0. The molecule has 0 fully saturated rings. The van der Waals surface area contributed by atoms with Gasteiger partial charge in [-0.15, -0.1) is 11.3 Å². The van der Waals surface area contributed by atoms with Gasteiger partial charge in [-0.2, -0.15) is 5.10 Å². The number of aryl methyl sites for hydroxylation is 3. The average molecular weight is 400 g/mol. The zero-order valence-electron chi connectivity index (χ0n) is 13.8. The van der Waals surface area contributed by atoms with Crippen LogP contribution in [0.3, 0.4) is 0 Å². The molecule has 5 heteroatoms. The Bertz CT molecular complexity index is 876. The van der Waals surface area contributed by atoms with E-state index in [1.165, 1.54) is 22.3 Å². The maximum atomic E-state index is 4.67. The van der Waals surface area contributed by atoms with E-state index in [2.05, 4.69) is 69.7 Å². The number of anilines is 1. The van der Waals surface area contributed by atoms with Crippen molar-refractivity contribution >= 4 is 38.6 Å². The zero-order chi connectivity index (χ0) is 17.1. The van der Waals surface area contributed by atoms with E-state index in [9.17, 15) is 0 Å². The molecule has 0 aliphatic rings. The minimum atomic E-state index is 0.785. The van der Waals surface area contributed by atoms with Gasteiger partial charge in [-0.1, -0.05) is 51.8 Å². The second-order valence-corrected chi connectivity index (χ2v) is 7.42. The summed E-state index contributed by atoms with van der Waals surface area (Å²) in [7, 11) is 0. The van der Waals surface area contributed by atoms with Crippen LogP contribution in [0.15, 0.2) is 51.4 Å². The van der Waals surface area contributed by atoms with Crippen LogP contribution in [0.25, 0.3) is 11.3 Å². The van der Waals surface area contributed by atoms with Crippen LogP contribution in [0.5, 0.6) is 0 Å². The fourth-order valence-corrected chi connectivity index (χ4v) is 3.80. The Kier molecular flexibility index (Phi) is 5.11. The van der Waals surface area contributed by atoms with E-state index < -0.39 is 0 Å². The molecule has 3 aromatic rings. The minimum absolute atomic E-state index is 0.785. The quantitative estimate of drug-likeness (QED) is 0.434. The third-order valence-corrected chi connectivity index (χ3v) is 5.18. The number of halogens is 1. The van der Waals surface area contributed by atoms with Gasteiger partial charge in [-0.05, 0) is 38.0 Å². The van der Waals surface area contributed by atoms with Crippen molar-refractivity contribution in [3.8, 4) is 11.3 Å². The highest BCUT2D eigenvalue weighted by molar-refractivity contribution is 9.10. The van der Waals surface area contributed by atoms with Crippen molar-refractivity contribution in [3.05, 3.63) is 68.5 Å². The SMILES string of the molecule is Cc1cc(C)c(-c2csc(N/N=C\c3ccccc3Br)n2)c(C)c1. The van der Waals surface area contributed by atoms with Crippen LogP contribution >= 0.6 is 27.3 Å². The van der Waals surface area contributed by atoms with Gasteiger partial charge in [-0.25, -0.2) is 4.98 Å². The fourth-order valence-electron chi connectivity index (χ4n) is 2.76. The first-order valence-electron chi connectivity index (χ1n) is 7.62. The zero-order valence-corrected chi connectivity index (χ0v) is 16.2. The number of benzene rings is 2. The molecule has 0 saturated carbocycles. The van der Waals surface area contributed by atoms with E-state index in [0.717, 1.165) is 20.9 Å². The Morgan fingerprint density at radius 3 is 2.54 bits per heavy atom. The van der Waals surface area contributed by atoms with Crippen molar-refractivity contribution in [2.75, 3.05) is 5.43 Å². The number of nitrogens with one attached hydrogen (secondary N) is 1. The summed E-state index contributed by atoms with van der Waals surface area (Å²) >= 11 is 5.06. The normalized spacial score (nSPS) is 11.2. The Labute approximate surface area is 154 Å². The second kappa shape index (κ2) is 7.28. The highest BCUT2D eigenvalue weighted by Gasteiger charge is 2.10. The third kappa shape index (κ3) is 3.74. The Morgan fingerprint density at radius 2 is 1.83 bits per heavy atom. The van der Waals surface area contributed by atoms with Crippen molar-refractivity contribution in [1.29, 1.82) is 0 Å². The molecule has 0 spiro atoms. The summed E-state index contributed by atoms with van der Waals surface area (Å²) in [4.78, 5) is 4.67. The maximum Gasteiger partial charge on any atom is 0.203 e. The predicted octanol–water partition coefficient (Wildman–Crippen LogP) is 5.94. The van der Waals surface area contributed by atoms with Gasteiger partial charge in [-0.3, -0.25) is 5.43 Å². The van der Waals surface area contributed by atoms with Crippen molar-refractivity contribution in [2.45, 2.75) is 20.8 Å². The van der Waals surface area contributed by atoms with Crippen LogP contribution in [0, 0.1) is 20.8 Å². The number of aromatic nitrogens is 1. The van der Waals surface area contributed by atoms with Crippen molar-refractivity contribution in [2.24, 2.45) is 5.10 Å². The lowest BCUT2D eigenvalue weighted by molar-refractivity contribution is 1.26. The maximum absolute atomic E-state index is 4.67. The molecule has 24 heavy (non-hydrogen) atoms. The number of hydrogen-bond acceptors (Lipinski definition) is 4. The molecule has 122 valence electrons. The molecule has 0 atom stereocenters. The fraction of sp³-hybridized carbons (Fsp3) is 0.158. The predicted molar refractivity (Wildman–Crippen MR) is 107 cm³/mol. The minimum Gasteiger partial charge on any atom is -0.253 e. The largest absolute Gasteiger partial charge is 0.253 e. The number of nitrogens with zero attached hydrogens (tertiary/aromatic N) is 2. The Hall–Kier alpha value is -1.98. The molecule has 1 N–H and O–H groups in total. The van der Waals surface area contributed by atoms with Crippen LogP contribution in [-0.2, 0) is 0 Å². The molecule has 2 aromatic carbocycles. The summed E-state index contributed by atoms with van der Waals surface area (Å²) in [6.45, 7) is 6.38. The monoisotopic (exact) mass is 399 g/mol. The van der Waals surface area contributed by atoms with E-state index in [1.807, 2.05) is 24.3 Å². The van der Waals surface area contributed by atoms with Gasteiger partial charge in [0.1, 0.15) is 0 Å². The molecular formula is C19H18BrN3S. The standard InChI is InChI=1S/C19H18BrN3S/c1-12-8-13(2)18(14(3)9-12)17-11-24-19(22-17)23-21-10-15-6-4-5-7-16(15)20/h4-11H,1-3H3,(H,22,23)/b21-10-. The molecule has 0 aliphatic carbocycles. The highest BCUT2D eigenvalue weighted by Crippen LogP contribution is 2.31. The summed E-state index contributed by atoms with van der Waals surface area (Å²) in [6, 6.07) is 12.3. The molecule has 0 saturated heterocycles. The molecule has 0 aliphatic heterocycles. The molecule has 1 heterocycles. The molecule has 1 aromatic heterocycles. The van der Waals surface area contributed by atoms with Crippen LogP contribution in [0.2, 0.25) is 0 Å². The summed E-state index contributed by atoms with van der Waals surface area (Å²) in [5, 5.41) is 7.14. The van der Waals surface area contributed by atoms with Gasteiger partial charge < -0.3 is 0 Å². The lowest BCUT2D eigenvalue weighted by Crippen LogP contribution is -1.93. The topological polar surface area (TPSA) is 37.3 Å².